The fourth-order valence-corrected chi connectivity index (χ4v) is 3.13. The highest BCUT2D eigenvalue weighted by Crippen LogP contribution is 2.36. The second kappa shape index (κ2) is 7.79. The molecule has 130 valence electrons. The molecule has 6 nitrogen and oxygen atoms in total. The van der Waals surface area contributed by atoms with Crippen LogP contribution in [-0.2, 0) is 11.2 Å². The van der Waals surface area contributed by atoms with Crippen molar-refractivity contribution >= 4 is 23.8 Å². The lowest BCUT2D eigenvalue weighted by Gasteiger charge is -2.23. The molecule has 6 heteroatoms. The number of benzene rings is 1. The fourth-order valence-electron chi connectivity index (χ4n) is 3.13. The summed E-state index contributed by atoms with van der Waals surface area (Å²) in [4.78, 5) is 29.0. The van der Waals surface area contributed by atoms with Crippen LogP contribution in [0.4, 0.5) is 11.5 Å². The number of hydrogen-bond acceptors (Lipinski definition) is 4. The Kier molecular flexibility index (Phi) is 5.28. The molecule has 1 aromatic heterocycles. The lowest BCUT2D eigenvalue weighted by molar-refractivity contribution is -0.109. The number of aromatic nitrogens is 1. The number of nitrogens with zero attached hydrogens (tertiary/aromatic N) is 2. The van der Waals surface area contributed by atoms with E-state index in [-0.39, 0.29) is 5.91 Å². The van der Waals surface area contributed by atoms with E-state index in [1.54, 1.807) is 12.3 Å². The average Bonchev–Trinajstić information content (AvgIpc) is 2.97. The molecule has 3 rings (SSSR count). The Morgan fingerprint density at radius 3 is 2.88 bits per heavy atom. The number of carbonyl (C=O) groups is 2. The number of amides is 2. The smallest absolute Gasteiger partial charge is 0.252 e. The normalized spacial score (nSPS) is 15.6. The summed E-state index contributed by atoms with van der Waals surface area (Å²) in [7, 11) is 0. The minimum atomic E-state index is -0.153. The van der Waals surface area contributed by atoms with Crippen LogP contribution in [0.1, 0.15) is 29.3 Å². The maximum atomic E-state index is 12.1. The Labute approximate surface area is 147 Å². The van der Waals surface area contributed by atoms with Gasteiger partial charge in [-0.3, -0.25) is 9.59 Å². The predicted molar refractivity (Wildman–Crippen MR) is 97.0 cm³/mol. The summed E-state index contributed by atoms with van der Waals surface area (Å²) in [6, 6.07) is 12.4. The molecule has 2 aromatic rings. The first kappa shape index (κ1) is 17.0. The van der Waals surface area contributed by atoms with Crippen molar-refractivity contribution in [3.63, 3.8) is 0 Å². The first-order chi connectivity index (χ1) is 12.2. The van der Waals surface area contributed by atoms with Gasteiger partial charge in [0.1, 0.15) is 5.82 Å². The van der Waals surface area contributed by atoms with Crippen LogP contribution in [0.5, 0.6) is 0 Å². The first-order valence-corrected chi connectivity index (χ1v) is 8.49. The van der Waals surface area contributed by atoms with Gasteiger partial charge in [-0.25, -0.2) is 4.98 Å². The summed E-state index contributed by atoms with van der Waals surface area (Å²) in [5, 5.41) is 5.39. The summed E-state index contributed by atoms with van der Waals surface area (Å²) in [6.45, 7) is 3.24. The van der Waals surface area contributed by atoms with Crippen LogP contribution in [0.15, 0.2) is 42.6 Å². The molecule has 25 heavy (non-hydrogen) atoms. The van der Waals surface area contributed by atoms with E-state index in [4.69, 9.17) is 0 Å². The monoisotopic (exact) mass is 338 g/mol. The van der Waals surface area contributed by atoms with E-state index in [0.29, 0.717) is 37.5 Å². The molecule has 2 amide bonds. The molecule has 2 heterocycles. The lowest BCUT2D eigenvalue weighted by Crippen LogP contribution is -2.28. The van der Waals surface area contributed by atoms with Crippen LogP contribution in [0, 0.1) is 0 Å². The number of hydrogen-bond donors (Lipinski definition) is 2. The summed E-state index contributed by atoms with van der Waals surface area (Å²) < 4.78 is 0. The third-order valence-corrected chi connectivity index (χ3v) is 4.33. The van der Waals surface area contributed by atoms with Crippen molar-refractivity contribution in [3.05, 3.63) is 53.7 Å². The third kappa shape index (κ3) is 3.79. The first-order valence-electron chi connectivity index (χ1n) is 8.49. The predicted octanol–water partition coefficient (Wildman–Crippen LogP) is 2.03. The van der Waals surface area contributed by atoms with Crippen LogP contribution in [-0.4, -0.2) is 36.4 Å². The van der Waals surface area contributed by atoms with Crippen molar-refractivity contribution in [2.75, 3.05) is 18.0 Å². The van der Waals surface area contributed by atoms with Gasteiger partial charge < -0.3 is 15.5 Å². The molecular formula is C19H22N4O2. The van der Waals surface area contributed by atoms with Crippen molar-refractivity contribution in [2.24, 2.45) is 0 Å². The highest BCUT2D eigenvalue weighted by molar-refractivity contribution is 5.94. The van der Waals surface area contributed by atoms with Gasteiger partial charge in [0.05, 0.1) is 5.56 Å². The molecular weight excluding hydrogens is 316 g/mol. The molecule has 1 aromatic carbocycles. The summed E-state index contributed by atoms with van der Waals surface area (Å²) >= 11 is 0. The Hall–Kier alpha value is -2.89. The Morgan fingerprint density at radius 2 is 2.12 bits per heavy atom. The van der Waals surface area contributed by atoms with E-state index < -0.39 is 0 Å². The molecule has 0 bridgehead atoms. The summed E-state index contributed by atoms with van der Waals surface area (Å²) in [5.74, 6) is 0.698. The molecule has 0 saturated heterocycles. The van der Waals surface area contributed by atoms with Gasteiger partial charge in [-0.1, -0.05) is 18.2 Å². The second-order valence-electron chi connectivity index (χ2n) is 6.14. The number of nitrogens with one attached hydrogen (secondary N) is 2. The largest absolute Gasteiger partial charge is 0.359 e. The Bertz CT molecular complexity index is 745. The lowest BCUT2D eigenvalue weighted by atomic mass is 10.1. The molecule has 0 radical (unpaired) electrons. The fraction of sp³-hybridized carbons (Fsp3) is 0.316. The minimum Gasteiger partial charge on any atom is -0.359 e. The standard InChI is InChI=1S/C19H22N4O2/c1-14-11-15-5-2-3-6-17(15)23(14)18-8-7-16(12-22-18)19(25)21-10-4-9-20-13-24/h2-3,5-8,12-14H,4,9-11H2,1H3,(H,20,24)(H,21,25). The van der Waals surface area contributed by atoms with Gasteiger partial charge in [-0.05, 0) is 43.5 Å². The maximum Gasteiger partial charge on any atom is 0.252 e. The van der Waals surface area contributed by atoms with E-state index in [2.05, 4.69) is 45.6 Å². The molecule has 2 N–H and O–H groups in total. The number of fused-ring (bicyclic) bond motifs is 1. The Balaban J connectivity index is 1.64. The van der Waals surface area contributed by atoms with Crippen molar-refractivity contribution < 1.29 is 9.59 Å². The minimum absolute atomic E-state index is 0.153. The average molecular weight is 338 g/mol. The quantitative estimate of drug-likeness (QED) is 0.598. The van der Waals surface area contributed by atoms with Gasteiger partial charge in [-0.2, -0.15) is 0 Å². The number of pyridine rings is 1. The molecule has 1 aliphatic rings. The second-order valence-corrected chi connectivity index (χ2v) is 6.14. The van der Waals surface area contributed by atoms with Gasteiger partial charge in [-0.15, -0.1) is 0 Å². The molecule has 0 fully saturated rings. The van der Waals surface area contributed by atoms with Crippen molar-refractivity contribution in [3.8, 4) is 0 Å². The molecule has 1 aliphatic heterocycles. The summed E-state index contributed by atoms with van der Waals surface area (Å²) in [6.07, 6.45) is 3.96. The van der Waals surface area contributed by atoms with E-state index in [1.165, 1.54) is 11.3 Å². The number of rotatable bonds is 7. The highest BCUT2D eigenvalue weighted by Gasteiger charge is 2.27. The van der Waals surface area contributed by atoms with E-state index in [1.807, 2.05) is 12.1 Å². The highest BCUT2D eigenvalue weighted by atomic mass is 16.1. The zero-order chi connectivity index (χ0) is 17.6. The van der Waals surface area contributed by atoms with Gasteiger partial charge in [0.2, 0.25) is 6.41 Å². The molecule has 1 atom stereocenters. The van der Waals surface area contributed by atoms with Gasteiger partial charge >= 0.3 is 0 Å². The SMILES string of the molecule is CC1Cc2ccccc2N1c1ccc(C(=O)NCCCNC=O)cn1. The molecule has 1 unspecified atom stereocenters. The van der Waals surface area contributed by atoms with Gasteiger partial charge in [0.15, 0.2) is 0 Å². The number of anilines is 2. The van der Waals surface area contributed by atoms with E-state index in [0.717, 1.165) is 12.2 Å². The molecule has 0 spiro atoms. The van der Waals surface area contributed by atoms with Crippen molar-refractivity contribution in [1.82, 2.24) is 15.6 Å². The zero-order valence-corrected chi connectivity index (χ0v) is 14.2. The van der Waals surface area contributed by atoms with Gasteiger partial charge in [0.25, 0.3) is 5.91 Å². The number of carbonyl (C=O) groups excluding carboxylic acids is 2. The van der Waals surface area contributed by atoms with Crippen molar-refractivity contribution in [2.45, 2.75) is 25.8 Å². The van der Waals surface area contributed by atoms with Crippen LogP contribution < -0.4 is 15.5 Å². The van der Waals surface area contributed by atoms with E-state index in [9.17, 15) is 9.59 Å². The maximum absolute atomic E-state index is 12.1. The molecule has 0 saturated carbocycles. The Morgan fingerprint density at radius 1 is 1.28 bits per heavy atom. The van der Waals surface area contributed by atoms with E-state index >= 15 is 0 Å². The van der Waals surface area contributed by atoms with Crippen LogP contribution in [0.2, 0.25) is 0 Å². The van der Waals surface area contributed by atoms with Crippen LogP contribution in [0.3, 0.4) is 0 Å². The van der Waals surface area contributed by atoms with Crippen LogP contribution >= 0.6 is 0 Å². The van der Waals surface area contributed by atoms with Gasteiger partial charge in [0, 0.05) is 31.0 Å². The molecule has 0 aliphatic carbocycles. The topological polar surface area (TPSA) is 74.3 Å². The zero-order valence-electron chi connectivity index (χ0n) is 14.2. The number of para-hydroxylation sites is 1. The third-order valence-electron chi connectivity index (χ3n) is 4.33. The van der Waals surface area contributed by atoms with Crippen LogP contribution in [0.25, 0.3) is 0 Å². The summed E-state index contributed by atoms with van der Waals surface area (Å²) in [5.41, 5.74) is 3.04. The van der Waals surface area contributed by atoms with Crippen molar-refractivity contribution in [1.29, 1.82) is 0 Å².